The second-order valence-corrected chi connectivity index (χ2v) is 6.50. The first-order valence-corrected chi connectivity index (χ1v) is 8.49. The number of hydrogen-bond acceptors (Lipinski definition) is 4. The molecule has 0 fully saturated rings. The van der Waals surface area contributed by atoms with Gasteiger partial charge in [-0.25, -0.2) is 9.67 Å². The summed E-state index contributed by atoms with van der Waals surface area (Å²) in [6.07, 6.45) is -3.36. The van der Waals surface area contributed by atoms with Gasteiger partial charge in [-0.05, 0) is 24.6 Å². The summed E-state index contributed by atoms with van der Waals surface area (Å²) in [5.41, 5.74) is 0.419. The molecular weight excluding hydrogens is 397 g/mol. The van der Waals surface area contributed by atoms with Gasteiger partial charge < -0.3 is 9.94 Å². The second-order valence-electron chi connectivity index (χ2n) is 6.09. The second kappa shape index (κ2) is 6.52. The SMILES string of the molecule is Cc1cccc2c1COC(c1cc(C(F)(F)F)nn1-c1ncccc1Cl)=[N+]2[O-]. The van der Waals surface area contributed by atoms with Crippen molar-refractivity contribution in [1.82, 2.24) is 14.8 Å². The topological polar surface area (TPSA) is 66.0 Å². The van der Waals surface area contributed by atoms with Gasteiger partial charge in [0.15, 0.2) is 17.2 Å². The summed E-state index contributed by atoms with van der Waals surface area (Å²) in [6, 6.07) is 8.82. The number of hydrogen-bond donors (Lipinski definition) is 0. The number of nitrogens with zero attached hydrogens (tertiary/aromatic N) is 4. The fourth-order valence-corrected chi connectivity index (χ4v) is 3.12. The van der Waals surface area contributed by atoms with Crippen molar-refractivity contribution in [3.05, 3.63) is 75.3 Å². The van der Waals surface area contributed by atoms with Crippen LogP contribution in [0.15, 0.2) is 42.6 Å². The van der Waals surface area contributed by atoms with Crippen LogP contribution in [-0.4, -0.2) is 25.4 Å². The van der Waals surface area contributed by atoms with E-state index in [0.717, 1.165) is 16.3 Å². The molecule has 1 aliphatic rings. The van der Waals surface area contributed by atoms with Crippen LogP contribution in [0.2, 0.25) is 5.02 Å². The summed E-state index contributed by atoms with van der Waals surface area (Å²) in [5.74, 6) is -0.364. The van der Waals surface area contributed by atoms with Gasteiger partial charge in [0.2, 0.25) is 5.69 Å². The highest BCUT2D eigenvalue weighted by Gasteiger charge is 2.39. The maximum Gasteiger partial charge on any atom is 0.435 e. The van der Waals surface area contributed by atoms with Crippen LogP contribution in [0.5, 0.6) is 0 Å². The zero-order valence-electron chi connectivity index (χ0n) is 14.4. The number of rotatable bonds is 2. The Hall–Kier alpha value is -3.07. The van der Waals surface area contributed by atoms with E-state index in [1.165, 1.54) is 18.3 Å². The van der Waals surface area contributed by atoms with Gasteiger partial charge in [-0.1, -0.05) is 23.7 Å². The number of aryl methyl sites for hydroxylation is 1. The molecule has 0 spiro atoms. The Labute approximate surface area is 162 Å². The lowest BCUT2D eigenvalue weighted by Gasteiger charge is -2.20. The molecule has 0 saturated heterocycles. The van der Waals surface area contributed by atoms with Crippen molar-refractivity contribution in [2.75, 3.05) is 0 Å². The maximum absolute atomic E-state index is 13.3. The summed E-state index contributed by atoms with van der Waals surface area (Å²) in [7, 11) is 0. The minimum Gasteiger partial charge on any atom is -0.616 e. The lowest BCUT2D eigenvalue weighted by atomic mass is 10.1. The third-order valence-electron chi connectivity index (χ3n) is 4.30. The molecule has 4 rings (SSSR count). The Kier molecular flexibility index (Phi) is 4.26. The number of aromatic nitrogens is 3. The molecule has 0 bridgehead atoms. The van der Waals surface area contributed by atoms with Gasteiger partial charge in [-0.3, -0.25) is 0 Å². The number of benzene rings is 1. The highest BCUT2D eigenvalue weighted by molar-refractivity contribution is 6.32. The lowest BCUT2D eigenvalue weighted by Crippen LogP contribution is -2.25. The quantitative estimate of drug-likeness (QED) is 0.466. The van der Waals surface area contributed by atoms with E-state index in [-0.39, 0.29) is 29.0 Å². The average molecular weight is 409 g/mol. The monoisotopic (exact) mass is 408 g/mol. The maximum atomic E-state index is 13.3. The molecule has 0 atom stereocenters. The van der Waals surface area contributed by atoms with Crippen LogP contribution >= 0.6 is 11.6 Å². The first kappa shape index (κ1) is 18.3. The Balaban J connectivity index is 1.96. The van der Waals surface area contributed by atoms with E-state index < -0.39 is 11.9 Å². The molecular formula is C18H12ClF3N4O2. The van der Waals surface area contributed by atoms with Gasteiger partial charge in [0.25, 0.3) is 0 Å². The first-order valence-electron chi connectivity index (χ1n) is 8.11. The molecule has 0 radical (unpaired) electrons. The number of pyridine rings is 1. The fraction of sp³-hybridized carbons (Fsp3) is 0.167. The molecule has 2 aromatic heterocycles. The van der Waals surface area contributed by atoms with Crippen LogP contribution in [-0.2, 0) is 17.5 Å². The van der Waals surface area contributed by atoms with Gasteiger partial charge in [0, 0.05) is 18.3 Å². The largest absolute Gasteiger partial charge is 0.616 e. The number of ether oxygens (including phenoxy) is 1. The standard InChI is InChI=1S/C18H12ClF3N4O2/c1-10-4-2-6-13-11(10)9-28-17(26(13)27)14-8-15(18(20,21)22)24-25(14)16-12(19)5-3-7-23-16/h2-8H,9H2,1H3. The highest BCUT2D eigenvalue weighted by Crippen LogP contribution is 2.33. The van der Waals surface area contributed by atoms with Crippen LogP contribution in [0.25, 0.3) is 5.82 Å². The molecule has 0 unspecified atom stereocenters. The summed E-state index contributed by atoms with van der Waals surface area (Å²) < 4.78 is 46.7. The minimum atomic E-state index is -4.72. The van der Waals surface area contributed by atoms with Crippen molar-refractivity contribution in [3.63, 3.8) is 0 Å². The van der Waals surface area contributed by atoms with E-state index >= 15 is 0 Å². The predicted octanol–water partition coefficient (Wildman–Crippen LogP) is 4.37. The zero-order valence-corrected chi connectivity index (χ0v) is 15.1. The fourth-order valence-electron chi connectivity index (χ4n) is 2.92. The van der Waals surface area contributed by atoms with E-state index in [9.17, 15) is 18.4 Å². The van der Waals surface area contributed by atoms with Gasteiger partial charge in [0.1, 0.15) is 6.61 Å². The van der Waals surface area contributed by atoms with Crippen molar-refractivity contribution in [2.45, 2.75) is 19.7 Å². The molecule has 28 heavy (non-hydrogen) atoms. The van der Waals surface area contributed by atoms with Crippen molar-refractivity contribution in [2.24, 2.45) is 0 Å². The molecule has 0 amide bonds. The minimum absolute atomic E-state index is 0.0402. The van der Waals surface area contributed by atoms with E-state index in [0.29, 0.717) is 16.0 Å². The van der Waals surface area contributed by atoms with Crippen LogP contribution in [0.1, 0.15) is 22.5 Å². The van der Waals surface area contributed by atoms with Crippen molar-refractivity contribution in [1.29, 1.82) is 0 Å². The Morgan fingerprint density at radius 1 is 1.25 bits per heavy atom. The third-order valence-corrected chi connectivity index (χ3v) is 4.60. The third kappa shape index (κ3) is 2.97. The van der Waals surface area contributed by atoms with Crippen LogP contribution in [0.3, 0.4) is 0 Å². The smallest absolute Gasteiger partial charge is 0.435 e. The summed E-state index contributed by atoms with van der Waals surface area (Å²) >= 11 is 6.09. The van der Waals surface area contributed by atoms with Crippen molar-refractivity contribution >= 4 is 23.2 Å². The van der Waals surface area contributed by atoms with E-state index in [4.69, 9.17) is 16.3 Å². The first-order chi connectivity index (χ1) is 13.3. The molecule has 3 aromatic rings. The van der Waals surface area contributed by atoms with Crippen molar-refractivity contribution in [3.8, 4) is 5.82 Å². The molecule has 1 aliphatic heterocycles. The average Bonchev–Trinajstić information content (AvgIpc) is 3.08. The van der Waals surface area contributed by atoms with Gasteiger partial charge in [-0.15, -0.1) is 4.74 Å². The molecule has 0 saturated carbocycles. The molecule has 6 nitrogen and oxygen atoms in total. The predicted molar refractivity (Wildman–Crippen MR) is 94.7 cm³/mol. The van der Waals surface area contributed by atoms with Crippen LogP contribution in [0.4, 0.5) is 18.9 Å². The zero-order chi connectivity index (χ0) is 20.1. The molecule has 0 aliphatic carbocycles. The Bertz CT molecular complexity index is 1110. The van der Waals surface area contributed by atoms with E-state index in [2.05, 4.69) is 10.1 Å². The van der Waals surface area contributed by atoms with Crippen molar-refractivity contribution < 1.29 is 22.6 Å². The Morgan fingerprint density at radius 2 is 2.04 bits per heavy atom. The molecule has 144 valence electrons. The molecule has 1 aromatic carbocycles. The summed E-state index contributed by atoms with van der Waals surface area (Å²) in [4.78, 5) is 3.99. The van der Waals surface area contributed by atoms with E-state index in [1.54, 1.807) is 12.1 Å². The van der Waals surface area contributed by atoms with Crippen LogP contribution < -0.4 is 0 Å². The number of halogens is 4. The van der Waals surface area contributed by atoms with E-state index in [1.807, 2.05) is 13.0 Å². The summed E-state index contributed by atoms with van der Waals surface area (Å²) in [6.45, 7) is 1.86. The summed E-state index contributed by atoms with van der Waals surface area (Å²) in [5, 5.41) is 16.5. The van der Waals surface area contributed by atoms with Gasteiger partial charge >= 0.3 is 12.1 Å². The number of fused-ring (bicyclic) bond motifs is 1. The normalized spacial score (nSPS) is 14.0. The lowest BCUT2D eigenvalue weighted by molar-refractivity contribution is -0.380. The molecule has 0 N–H and O–H groups in total. The number of alkyl halides is 3. The molecule has 10 heteroatoms. The van der Waals surface area contributed by atoms with Gasteiger partial charge in [0.05, 0.1) is 10.6 Å². The molecule has 3 heterocycles. The van der Waals surface area contributed by atoms with Gasteiger partial charge in [-0.2, -0.15) is 18.3 Å². The Morgan fingerprint density at radius 3 is 2.75 bits per heavy atom. The van der Waals surface area contributed by atoms with Crippen LogP contribution in [0, 0.1) is 12.1 Å². The highest BCUT2D eigenvalue weighted by atomic mass is 35.5.